The predicted octanol–water partition coefficient (Wildman–Crippen LogP) is 4.02. The highest BCUT2D eigenvalue weighted by atomic mass is 79.9. The molecule has 1 aromatic rings. The minimum absolute atomic E-state index is 0.144. The van der Waals surface area contributed by atoms with Crippen molar-refractivity contribution in [3.05, 3.63) is 32.3 Å². The molecule has 0 unspecified atom stereocenters. The van der Waals surface area contributed by atoms with Crippen LogP contribution >= 0.6 is 15.9 Å². The van der Waals surface area contributed by atoms with Crippen LogP contribution in [-0.2, 0) is 0 Å². The minimum Gasteiger partial charge on any atom is -0.379 e. The van der Waals surface area contributed by atoms with E-state index in [0.717, 1.165) is 23.0 Å². The molecule has 5 heteroatoms. The Morgan fingerprint density at radius 1 is 1.47 bits per heavy atom. The lowest BCUT2D eigenvalue weighted by molar-refractivity contribution is -0.385. The van der Waals surface area contributed by atoms with Crippen LogP contribution in [0.5, 0.6) is 0 Å². The van der Waals surface area contributed by atoms with E-state index >= 15 is 0 Å². The fourth-order valence-corrected chi connectivity index (χ4v) is 2.55. The van der Waals surface area contributed by atoms with Crippen molar-refractivity contribution < 1.29 is 4.92 Å². The van der Waals surface area contributed by atoms with Crippen molar-refractivity contribution in [2.24, 2.45) is 0 Å². The van der Waals surface area contributed by atoms with Crippen LogP contribution in [-0.4, -0.2) is 10.5 Å². The molecular formula is C12H15BrN2O2. The highest BCUT2D eigenvalue weighted by Crippen LogP contribution is 2.38. The average Bonchev–Trinajstić information content (AvgIpc) is 2.20. The molecule has 0 atom stereocenters. The molecule has 0 aromatic heterocycles. The number of benzene rings is 1. The van der Waals surface area contributed by atoms with Gasteiger partial charge in [0.15, 0.2) is 0 Å². The maximum atomic E-state index is 10.8. The number of aryl methyl sites for hydroxylation is 1. The molecule has 1 saturated carbocycles. The Kier molecular flexibility index (Phi) is 3.12. The maximum Gasteiger partial charge on any atom is 0.273 e. The highest BCUT2D eigenvalue weighted by molar-refractivity contribution is 9.10. The van der Waals surface area contributed by atoms with Crippen LogP contribution in [0.25, 0.3) is 0 Å². The molecule has 92 valence electrons. The number of nitro groups is 1. The summed E-state index contributed by atoms with van der Waals surface area (Å²) < 4.78 is 0.753. The Labute approximate surface area is 109 Å². The molecule has 1 aromatic carbocycles. The molecule has 0 saturated heterocycles. The van der Waals surface area contributed by atoms with Gasteiger partial charge in [-0.05, 0) is 55.1 Å². The van der Waals surface area contributed by atoms with Crippen molar-refractivity contribution in [1.82, 2.24) is 0 Å². The summed E-state index contributed by atoms with van der Waals surface area (Å²) in [6.45, 7) is 3.94. The van der Waals surface area contributed by atoms with Gasteiger partial charge in [-0.3, -0.25) is 10.1 Å². The number of nitro benzene ring substituents is 1. The standard InChI is InChI=1S/C12H15BrN2O2/c1-8-6-10(14-12(2)4-3-5-12)9(13)7-11(8)15(16)17/h6-7,14H,3-5H2,1-2H3. The van der Waals surface area contributed by atoms with E-state index in [1.54, 1.807) is 13.0 Å². The van der Waals surface area contributed by atoms with Crippen LogP contribution in [0.3, 0.4) is 0 Å². The van der Waals surface area contributed by atoms with E-state index in [0.29, 0.717) is 5.56 Å². The van der Waals surface area contributed by atoms with Gasteiger partial charge < -0.3 is 5.32 Å². The first-order valence-corrected chi connectivity index (χ1v) is 6.43. The summed E-state index contributed by atoms with van der Waals surface area (Å²) in [5, 5.41) is 14.3. The molecule has 1 fully saturated rings. The largest absolute Gasteiger partial charge is 0.379 e. The van der Waals surface area contributed by atoms with Crippen molar-refractivity contribution in [3.8, 4) is 0 Å². The third kappa shape index (κ3) is 2.44. The first kappa shape index (κ1) is 12.4. The van der Waals surface area contributed by atoms with Gasteiger partial charge in [0.1, 0.15) is 0 Å². The summed E-state index contributed by atoms with van der Waals surface area (Å²) >= 11 is 3.39. The lowest BCUT2D eigenvalue weighted by atomic mass is 9.78. The Morgan fingerprint density at radius 2 is 2.12 bits per heavy atom. The Hall–Kier alpha value is -1.10. The number of nitrogens with one attached hydrogen (secondary N) is 1. The fraction of sp³-hybridized carbons (Fsp3) is 0.500. The number of nitrogens with zero attached hydrogens (tertiary/aromatic N) is 1. The van der Waals surface area contributed by atoms with E-state index in [1.165, 1.54) is 6.42 Å². The Bertz CT molecular complexity index is 470. The monoisotopic (exact) mass is 298 g/mol. The Morgan fingerprint density at radius 3 is 2.59 bits per heavy atom. The van der Waals surface area contributed by atoms with Crippen molar-refractivity contribution in [2.45, 2.75) is 38.6 Å². The van der Waals surface area contributed by atoms with Crippen LogP contribution in [0.1, 0.15) is 31.7 Å². The summed E-state index contributed by atoms with van der Waals surface area (Å²) in [5.41, 5.74) is 1.92. The SMILES string of the molecule is Cc1cc(NC2(C)CCC2)c(Br)cc1[N+](=O)[O-]. The van der Waals surface area contributed by atoms with Gasteiger partial charge in [0.25, 0.3) is 5.69 Å². The molecule has 0 aliphatic heterocycles. The third-order valence-electron chi connectivity index (χ3n) is 3.38. The van der Waals surface area contributed by atoms with Gasteiger partial charge in [0.05, 0.1) is 4.92 Å². The van der Waals surface area contributed by atoms with E-state index in [1.807, 2.05) is 6.07 Å². The van der Waals surface area contributed by atoms with Gasteiger partial charge in [0, 0.05) is 27.3 Å². The van der Waals surface area contributed by atoms with Crippen LogP contribution in [0.4, 0.5) is 11.4 Å². The molecule has 1 aliphatic carbocycles. The van der Waals surface area contributed by atoms with Gasteiger partial charge in [-0.25, -0.2) is 0 Å². The van der Waals surface area contributed by atoms with E-state index in [2.05, 4.69) is 28.2 Å². The van der Waals surface area contributed by atoms with Gasteiger partial charge in [0.2, 0.25) is 0 Å². The minimum atomic E-state index is -0.352. The van der Waals surface area contributed by atoms with Crippen LogP contribution < -0.4 is 5.32 Å². The molecule has 17 heavy (non-hydrogen) atoms. The summed E-state index contributed by atoms with van der Waals surface area (Å²) in [6, 6.07) is 3.41. The zero-order valence-corrected chi connectivity index (χ0v) is 11.5. The molecule has 0 amide bonds. The number of hydrogen-bond donors (Lipinski definition) is 1. The van der Waals surface area contributed by atoms with E-state index in [9.17, 15) is 10.1 Å². The van der Waals surface area contributed by atoms with E-state index in [-0.39, 0.29) is 16.1 Å². The second-order valence-corrected chi connectivity index (χ2v) is 5.77. The van der Waals surface area contributed by atoms with E-state index in [4.69, 9.17) is 0 Å². The van der Waals surface area contributed by atoms with Gasteiger partial charge >= 0.3 is 0 Å². The number of hydrogen-bond acceptors (Lipinski definition) is 3. The fourth-order valence-electron chi connectivity index (χ4n) is 2.12. The second-order valence-electron chi connectivity index (χ2n) is 4.91. The number of halogens is 1. The lowest BCUT2D eigenvalue weighted by Crippen LogP contribution is -2.41. The summed E-state index contributed by atoms with van der Waals surface area (Å²) in [6.07, 6.45) is 3.54. The van der Waals surface area contributed by atoms with Gasteiger partial charge in [-0.2, -0.15) is 0 Å². The van der Waals surface area contributed by atoms with Gasteiger partial charge in [-0.15, -0.1) is 0 Å². The van der Waals surface area contributed by atoms with Crippen molar-refractivity contribution in [2.75, 3.05) is 5.32 Å². The molecule has 2 rings (SSSR count). The van der Waals surface area contributed by atoms with Gasteiger partial charge in [-0.1, -0.05) is 0 Å². The predicted molar refractivity (Wildman–Crippen MR) is 71.4 cm³/mol. The molecule has 0 radical (unpaired) electrons. The normalized spacial score (nSPS) is 17.4. The zero-order chi connectivity index (χ0) is 12.6. The summed E-state index contributed by atoms with van der Waals surface area (Å²) in [5.74, 6) is 0. The average molecular weight is 299 g/mol. The van der Waals surface area contributed by atoms with Crippen LogP contribution in [0.15, 0.2) is 16.6 Å². The topological polar surface area (TPSA) is 55.2 Å². The first-order valence-electron chi connectivity index (χ1n) is 5.64. The smallest absolute Gasteiger partial charge is 0.273 e. The maximum absolute atomic E-state index is 10.8. The molecular weight excluding hydrogens is 284 g/mol. The van der Waals surface area contributed by atoms with Crippen molar-refractivity contribution in [1.29, 1.82) is 0 Å². The quantitative estimate of drug-likeness (QED) is 0.677. The lowest BCUT2D eigenvalue weighted by Gasteiger charge is -2.40. The zero-order valence-electron chi connectivity index (χ0n) is 9.92. The van der Waals surface area contributed by atoms with E-state index < -0.39 is 0 Å². The molecule has 1 N–H and O–H groups in total. The summed E-state index contributed by atoms with van der Waals surface area (Å²) in [7, 11) is 0. The van der Waals surface area contributed by atoms with Crippen molar-refractivity contribution >= 4 is 27.3 Å². The third-order valence-corrected chi connectivity index (χ3v) is 4.03. The molecule has 4 nitrogen and oxygen atoms in total. The Balaban J connectivity index is 2.30. The molecule has 0 heterocycles. The number of anilines is 1. The molecule has 0 bridgehead atoms. The summed E-state index contributed by atoms with van der Waals surface area (Å²) in [4.78, 5) is 10.4. The molecule has 0 spiro atoms. The highest BCUT2D eigenvalue weighted by Gasteiger charge is 2.32. The number of rotatable bonds is 3. The van der Waals surface area contributed by atoms with Crippen LogP contribution in [0.2, 0.25) is 0 Å². The second kappa shape index (κ2) is 4.29. The molecule has 1 aliphatic rings. The first-order chi connectivity index (χ1) is 7.91. The van der Waals surface area contributed by atoms with Crippen molar-refractivity contribution in [3.63, 3.8) is 0 Å². The van der Waals surface area contributed by atoms with Crippen LogP contribution in [0, 0.1) is 17.0 Å².